The number of ether oxygens (including phenoxy) is 1. The minimum Gasteiger partial charge on any atom is -0.488 e. The third-order valence-corrected chi connectivity index (χ3v) is 4.97. The molecule has 4 nitrogen and oxygen atoms in total. The molecule has 0 radical (unpaired) electrons. The molecule has 0 aliphatic heterocycles. The Kier molecular flexibility index (Phi) is 6.17. The zero-order valence-corrected chi connectivity index (χ0v) is 16.2. The Morgan fingerprint density at radius 1 is 1.00 bits per heavy atom. The second-order valence-electron chi connectivity index (χ2n) is 6.97. The molecule has 4 aromatic rings. The highest BCUT2D eigenvalue weighted by Gasteiger charge is 2.10. The topological polar surface area (TPSA) is 39.1 Å². The Balaban J connectivity index is 1.46. The predicted molar refractivity (Wildman–Crippen MR) is 113 cm³/mol. The van der Waals surface area contributed by atoms with Gasteiger partial charge in [0.25, 0.3) is 0 Å². The summed E-state index contributed by atoms with van der Waals surface area (Å²) in [6.45, 7) is 2.71. The number of imidazole rings is 1. The van der Waals surface area contributed by atoms with Gasteiger partial charge < -0.3 is 14.6 Å². The molecule has 29 heavy (non-hydrogen) atoms. The summed E-state index contributed by atoms with van der Waals surface area (Å²) in [5, 5.41) is 5.84. The predicted octanol–water partition coefficient (Wildman–Crippen LogP) is 4.93. The van der Waals surface area contributed by atoms with E-state index in [1.54, 1.807) is 18.3 Å². The maximum atomic E-state index is 14.0. The molecule has 1 heterocycles. The standard InChI is InChI=1S/C24H24FN3O/c25-23-9-4-2-7-20(23)17-29-24-11-10-19-6-1-3-8-21(19)22(24)16-26-12-5-14-28-15-13-27-18-28/h1-4,6-11,13,15,18,26H,5,12,14,16-17H2. The number of hydrogen-bond donors (Lipinski definition) is 1. The van der Waals surface area contributed by atoms with E-state index in [1.807, 2.05) is 36.8 Å². The lowest BCUT2D eigenvalue weighted by atomic mass is 10.0. The summed E-state index contributed by atoms with van der Waals surface area (Å²) >= 11 is 0. The van der Waals surface area contributed by atoms with Crippen molar-refractivity contribution in [2.75, 3.05) is 6.54 Å². The molecule has 3 aromatic carbocycles. The number of halogens is 1. The highest BCUT2D eigenvalue weighted by atomic mass is 19.1. The Hall–Kier alpha value is -3.18. The van der Waals surface area contributed by atoms with Gasteiger partial charge in [-0.25, -0.2) is 9.37 Å². The van der Waals surface area contributed by atoms with Crippen LogP contribution in [0.5, 0.6) is 5.75 Å². The van der Waals surface area contributed by atoms with Crippen molar-refractivity contribution in [3.05, 3.63) is 96.3 Å². The maximum absolute atomic E-state index is 14.0. The average molecular weight is 389 g/mol. The van der Waals surface area contributed by atoms with Crippen molar-refractivity contribution in [2.45, 2.75) is 26.1 Å². The van der Waals surface area contributed by atoms with Crippen LogP contribution < -0.4 is 10.1 Å². The quantitative estimate of drug-likeness (QED) is 0.412. The van der Waals surface area contributed by atoms with E-state index in [1.165, 1.54) is 11.5 Å². The zero-order chi connectivity index (χ0) is 19.9. The lowest BCUT2D eigenvalue weighted by Crippen LogP contribution is -2.17. The molecule has 5 heteroatoms. The molecular weight excluding hydrogens is 365 g/mol. The molecule has 0 unspecified atom stereocenters. The van der Waals surface area contributed by atoms with Gasteiger partial charge >= 0.3 is 0 Å². The molecular formula is C24H24FN3O. The molecule has 0 fully saturated rings. The van der Waals surface area contributed by atoms with E-state index in [4.69, 9.17) is 4.74 Å². The van der Waals surface area contributed by atoms with Crippen molar-refractivity contribution in [3.8, 4) is 5.75 Å². The molecule has 1 N–H and O–H groups in total. The second kappa shape index (κ2) is 9.34. The van der Waals surface area contributed by atoms with Crippen LogP contribution in [-0.2, 0) is 19.7 Å². The van der Waals surface area contributed by atoms with E-state index in [9.17, 15) is 4.39 Å². The number of nitrogens with zero attached hydrogens (tertiary/aromatic N) is 2. The van der Waals surface area contributed by atoms with E-state index < -0.39 is 0 Å². The number of aryl methyl sites for hydroxylation is 1. The van der Waals surface area contributed by atoms with E-state index in [-0.39, 0.29) is 12.4 Å². The first-order valence-corrected chi connectivity index (χ1v) is 9.84. The van der Waals surface area contributed by atoms with Crippen LogP contribution in [0.25, 0.3) is 10.8 Å². The summed E-state index contributed by atoms with van der Waals surface area (Å²) in [4.78, 5) is 4.07. The van der Waals surface area contributed by atoms with Gasteiger partial charge in [-0.1, -0.05) is 48.5 Å². The van der Waals surface area contributed by atoms with Gasteiger partial charge in [0.1, 0.15) is 18.2 Å². The van der Waals surface area contributed by atoms with Crippen molar-refractivity contribution in [3.63, 3.8) is 0 Å². The summed E-state index contributed by atoms with van der Waals surface area (Å²) in [5.74, 6) is 0.543. The van der Waals surface area contributed by atoms with Crippen LogP contribution in [0.4, 0.5) is 4.39 Å². The minimum absolute atomic E-state index is 0.207. The molecule has 0 saturated carbocycles. The zero-order valence-electron chi connectivity index (χ0n) is 16.2. The first-order chi connectivity index (χ1) is 14.3. The van der Waals surface area contributed by atoms with Crippen LogP contribution in [0.1, 0.15) is 17.5 Å². The fourth-order valence-electron chi connectivity index (χ4n) is 3.42. The third kappa shape index (κ3) is 4.81. The summed E-state index contributed by atoms with van der Waals surface area (Å²) in [6.07, 6.45) is 6.61. The summed E-state index contributed by atoms with van der Waals surface area (Å²) < 4.78 is 22.1. The number of fused-ring (bicyclic) bond motifs is 1. The first kappa shape index (κ1) is 19.2. The molecule has 0 aliphatic rings. The Morgan fingerprint density at radius 3 is 2.72 bits per heavy atom. The van der Waals surface area contributed by atoms with Crippen LogP contribution >= 0.6 is 0 Å². The Bertz CT molecular complexity index is 1060. The van der Waals surface area contributed by atoms with Gasteiger partial charge in [-0.2, -0.15) is 0 Å². The first-order valence-electron chi connectivity index (χ1n) is 9.84. The number of rotatable bonds is 9. The molecule has 0 spiro atoms. The molecule has 0 bridgehead atoms. The fourth-order valence-corrected chi connectivity index (χ4v) is 3.42. The highest BCUT2D eigenvalue weighted by molar-refractivity contribution is 5.87. The molecule has 1 aromatic heterocycles. The van der Waals surface area contributed by atoms with Crippen LogP contribution in [0.3, 0.4) is 0 Å². The van der Waals surface area contributed by atoms with E-state index >= 15 is 0 Å². The summed E-state index contributed by atoms with van der Waals surface area (Å²) in [6, 6.07) is 19.0. The summed E-state index contributed by atoms with van der Waals surface area (Å²) in [7, 11) is 0. The van der Waals surface area contributed by atoms with Crippen LogP contribution in [0.2, 0.25) is 0 Å². The van der Waals surface area contributed by atoms with Gasteiger partial charge in [-0.15, -0.1) is 0 Å². The Labute approximate surface area is 170 Å². The van der Waals surface area contributed by atoms with Crippen molar-refractivity contribution in [1.29, 1.82) is 0 Å². The number of benzene rings is 3. The fraction of sp³-hybridized carbons (Fsp3) is 0.208. The average Bonchev–Trinajstić information content (AvgIpc) is 3.27. The molecule has 0 saturated heterocycles. The van der Waals surface area contributed by atoms with Crippen molar-refractivity contribution >= 4 is 10.8 Å². The molecule has 0 aliphatic carbocycles. The smallest absolute Gasteiger partial charge is 0.129 e. The highest BCUT2D eigenvalue weighted by Crippen LogP contribution is 2.29. The molecule has 4 rings (SSSR count). The largest absolute Gasteiger partial charge is 0.488 e. The van der Waals surface area contributed by atoms with Gasteiger partial charge in [0.15, 0.2) is 0 Å². The lowest BCUT2D eigenvalue weighted by Gasteiger charge is -2.15. The van der Waals surface area contributed by atoms with Gasteiger partial charge in [0.2, 0.25) is 0 Å². The van der Waals surface area contributed by atoms with Gasteiger partial charge in [0, 0.05) is 36.6 Å². The van der Waals surface area contributed by atoms with E-state index in [0.717, 1.165) is 36.2 Å². The van der Waals surface area contributed by atoms with Gasteiger partial charge in [0.05, 0.1) is 6.33 Å². The SMILES string of the molecule is Fc1ccccc1COc1ccc2ccccc2c1CNCCCn1ccnc1. The van der Waals surface area contributed by atoms with E-state index in [0.29, 0.717) is 12.1 Å². The minimum atomic E-state index is -0.243. The van der Waals surface area contributed by atoms with Crippen molar-refractivity contribution < 1.29 is 9.13 Å². The van der Waals surface area contributed by atoms with E-state index in [2.05, 4.69) is 33.1 Å². The number of hydrogen-bond acceptors (Lipinski definition) is 3. The normalized spacial score (nSPS) is 11.1. The molecule has 0 atom stereocenters. The number of aromatic nitrogens is 2. The lowest BCUT2D eigenvalue weighted by molar-refractivity contribution is 0.296. The Morgan fingerprint density at radius 2 is 1.86 bits per heavy atom. The van der Waals surface area contributed by atoms with Crippen molar-refractivity contribution in [1.82, 2.24) is 14.9 Å². The number of nitrogens with one attached hydrogen (secondary N) is 1. The van der Waals surface area contributed by atoms with Crippen molar-refractivity contribution in [2.24, 2.45) is 0 Å². The third-order valence-electron chi connectivity index (χ3n) is 4.97. The monoisotopic (exact) mass is 389 g/mol. The van der Waals surface area contributed by atoms with Gasteiger partial charge in [-0.05, 0) is 35.9 Å². The van der Waals surface area contributed by atoms with Crippen LogP contribution in [0, 0.1) is 5.82 Å². The van der Waals surface area contributed by atoms with Crippen LogP contribution in [0.15, 0.2) is 79.4 Å². The van der Waals surface area contributed by atoms with Gasteiger partial charge in [-0.3, -0.25) is 0 Å². The molecule has 148 valence electrons. The maximum Gasteiger partial charge on any atom is 0.129 e. The second-order valence-corrected chi connectivity index (χ2v) is 6.97. The summed E-state index contributed by atoms with van der Waals surface area (Å²) in [5.41, 5.74) is 1.65. The van der Waals surface area contributed by atoms with Crippen LogP contribution in [-0.4, -0.2) is 16.1 Å². The molecule has 0 amide bonds.